The molecule has 0 bridgehead atoms. The Balaban J connectivity index is 0.000000640. The first-order valence-corrected chi connectivity index (χ1v) is 25.4. The molecule has 0 aliphatic carbocycles. The van der Waals surface area contributed by atoms with Gasteiger partial charge in [0.25, 0.3) is 0 Å². The third-order valence-corrected chi connectivity index (χ3v) is 14.0. The molecule has 0 fully saturated rings. The number of benzene rings is 2. The zero-order valence-corrected chi connectivity index (χ0v) is 44.0. The molecule has 0 aliphatic rings. The molecule has 4 N–H and O–H groups in total. The zero-order valence-electron chi connectivity index (χ0n) is 44.0. The highest BCUT2D eigenvalue weighted by molar-refractivity contribution is 6.09. The van der Waals surface area contributed by atoms with Gasteiger partial charge in [-0.3, -0.25) is 9.59 Å². The lowest BCUT2D eigenvalue weighted by Crippen LogP contribution is -2.03. The van der Waals surface area contributed by atoms with E-state index >= 15 is 0 Å². The molecule has 6 nitrogen and oxygen atoms in total. The summed E-state index contributed by atoms with van der Waals surface area (Å²) in [5, 5.41) is 41.4. The maximum Gasteiger partial charge on any atom is 0.189 e. The highest BCUT2D eigenvalue weighted by atomic mass is 16.3. The van der Waals surface area contributed by atoms with Crippen molar-refractivity contribution in [3.8, 4) is 23.0 Å². The average molecular weight is 889 g/mol. The van der Waals surface area contributed by atoms with Gasteiger partial charge in [0.2, 0.25) is 0 Å². The van der Waals surface area contributed by atoms with Crippen molar-refractivity contribution in [2.45, 2.75) is 226 Å². The molecule has 0 saturated carbocycles. The summed E-state index contributed by atoms with van der Waals surface area (Å²) in [6.45, 7) is 33.0. The van der Waals surface area contributed by atoms with E-state index in [4.69, 9.17) is 0 Å². The van der Waals surface area contributed by atoms with Crippen molar-refractivity contribution in [3.63, 3.8) is 0 Å². The molecular weight excluding hydrogens is 793 g/mol. The van der Waals surface area contributed by atoms with Gasteiger partial charge in [-0.15, -0.1) is 0 Å². The molecule has 0 spiro atoms. The fourth-order valence-electron chi connectivity index (χ4n) is 8.99. The standard InChI is InChI=1S/2C29H48O3/c2*1-19(2)12-9-13-20(3)14-10-15-21(4)16-11-17-22(5)18-26(30)27-25(8)28(31)23(6)24(7)29(27)32/h2*18-21,31-32H,9-17H2,1-8H3/b22-18+;22-18-. The predicted octanol–water partition coefficient (Wildman–Crippen LogP) is 17.2. The van der Waals surface area contributed by atoms with Crippen LogP contribution in [-0.2, 0) is 0 Å². The van der Waals surface area contributed by atoms with Crippen LogP contribution in [0.25, 0.3) is 0 Å². The molecule has 0 amide bonds. The molecule has 0 aromatic heterocycles. The molecule has 0 saturated heterocycles. The molecule has 2 aromatic rings. The van der Waals surface area contributed by atoms with Crippen LogP contribution in [0.1, 0.15) is 239 Å². The van der Waals surface area contributed by atoms with E-state index in [2.05, 4.69) is 55.4 Å². The number of rotatable bonds is 28. The molecular formula is C58H96O6. The Morgan fingerprint density at radius 3 is 0.875 bits per heavy atom. The van der Waals surface area contributed by atoms with Gasteiger partial charge in [-0.05, 0) is 151 Å². The third kappa shape index (κ3) is 20.7. The number of hydrogen-bond acceptors (Lipinski definition) is 6. The minimum Gasteiger partial charge on any atom is -0.507 e. The molecule has 6 heteroatoms. The van der Waals surface area contributed by atoms with Crippen molar-refractivity contribution in [2.24, 2.45) is 35.5 Å². The van der Waals surface area contributed by atoms with Crippen molar-refractivity contribution in [2.75, 3.05) is 0 Å². The van der Waals surface area contributed by atoms with Gasteiger partial charge >= 0.3 is 0 Å². The Morgan fingerprint density at radius 1 is 0.375 bits per heavy atom. The van der Waals surface area contributed by atoms with Crippen LogP contribution in [0, 0.1) is 77.0 Å². The van der Waals surface area contributed by atoms with Crippen LogP contribution in [0.4, 0.5) is 0 Å². The molecule has 4 unspecified atom stereocenters. The normalized spacial score (nSPS) is 14.1. The molecule has 4 atom stereocenters. The number of phenols is 4. The lowest BCUT2D eigenvalue weighted by molar-refractivity contribution is 0.103. The smallest absolute Gasteiger partial charge is 0.189 e. The number of hydrogen-bond donors (Lipinski definition) is 4. The van der Waals surface area contributed by atoms with Crippen molar-refractivity contribution in [1.29, 1.82) is 0 Å². The van der Waals surface area contributed by atoms with Crippen molar-refractivity contribution < 1.29 is 30.0 Å². The molecule has 64 heavy (non-hydrogen) atoms. The molecule has 364 valence electrons. The van der Waals surface area contributed by atoms with Crippen LogP contribution in [-0.4, -0.2) is 32.0 Å². The largest absolute Gasteiger partial charge is 0.507 e. The highest BCUT2D eigenvalue weighted by Gasteiger charge is 2.22. The minimum atomic E-state index is -0.226. The number of ketones is 2. The number of carbonyl (C=O) groups excluding carboxylic acids is 2. The number of phenolic OH excluding ortho intramolecular Hbond substituents is 4. The maximum absolute atomic E-state index is 12.8. The van der Waals surface area contributed by atoms with Crippen molar-refractivity contribution in [3.05, 3.63) is 67.8 Å². The van der Waals surface area contributed by atoms with E-state index in [-0.39, 0.29) is 45.7 Å². The molecule has 2 rings (SSSR count). The lowest BCUT2D eigenvalue weighted by Gasteiger charge is -2.15. The van der Waals surface area contributed by atoms with Gasteiger partial charge in [0.05, 0.1) is 11.1 Å². The summed E-state index contributed by atoms with van der Waals surface area (Å²) in [6, 6.07) is 0. The lowest BCUT2D eigenvalue weighted by atomic mass is 9.91. The van der Waals surface area contributed by atoms with E-state index < -0.39 is 0 Å². The second kappa shape index (κ2) is 29.9. The Morgan fingerprint density at radius 2 is 0.609 bits per heavy atom. The van der Waals surface area contributed by atoms with Gasteiger partial charge < -0.3 is 20.4 Å². The van der Waals surface area contributed by atoms with E-state index in [9.17, 15) is 30.0 Å². The topological polar surface area (TPSA) is 115 Å². The summed E-state index contributed by atoms with van der Waals surface area (Å²) in [4.78, 5) is 25.6. The van der Waals surface area contributed by atoms with Gasteiger partial charge in [0.1, 0.15) is 23.0 Å². The average Bonchev–Trinajstić information content (AvgIpc) is 3.20. The summed E-state index contributed by atoms with van der Waals surface area (Å²) in [5.41, 5.74) is 5.76. The Kier molecular flexibility index (Phi) is 27.3. The third-order valence-electron chi connectivity index (χ3n) is 14.0. The predicted molar refractivity (Wildman–Crippen MR) is 274 cm³/mol. The van der Waals surface area contributed by atoms with E-state index in [1.807, 2.05) is 13.8 Å². The van der Waals surface area contributed by atoms with Gasteiger partial charge in [-0.2, -0.15) is 0 Å². The Hall–Kier alpha value is -3.54. The number of carbonyl (C=O) groups is 2. The van der Waals surface area contributed by atoms with Gasteiger partial charge in [-0.1, -0.05) is 156 Å². The monoisotopic (exact) mass is 889 g/mol. The van der Waals surface area contributed by atoms with Crippen LogP contribution >= 0.6 is 0 Å². The summed E-state index contributed by atoms with van der Waals surface area (Å²) >= 11 is 0. The first kappa shape index (κ1) is 58.5. The first-order valence-electron chi connectivity index (χ1n) is 25.4. The SMILES string of the molecule is C/C(=C/C(=O)c1c(C)c(O)c(C)c(C)c1O)CCCC(C)CCCC(C)CCCC(C)C.C/C(=C\C(=O)c1c(C)c(O)c(C)c(C)c1O)CCCC(C)CCCC(C)CCCC(C)C. The fourth-order valence-corrected chi connectivity index (χ4v) is 8.99. The molecule has 0 radical (unpaired) electrons. The van der Waals surface area contributed by atoms with Crippen LogP contribution in [0.5, 0.6) is 23.0 Å². The van der Waals surface area contributed by atoms with Crippen LogP contribution in [0.2, 0.25) is 0 Å². The second-order valence-electron chi connectivity index (χ2n) is 21.3. The molecule has 0 aliphatic heterocycles. The van der Waals surface area contributed by atoms with Crippen molar-refractivity contribution in [1.82, 2.24) is 0 Å². The van der Waals surface area contributed by atoms with Crippen LogP contribution in [0.15, 0.2) is 23.3 Å². The molecule has 2 aromatic carbocycles. The maximum atomic E-state index is 12.8. The summed E-state index contributed by atoms with van der Waals surface area (Å²) < 4.78 is 0. The van der Waals surface area contributed by atoms with E-state index in [0.29, 0.717) is 45.2 Å². The van der Waals surface area contributed by atoms with E-state index in [1.165, 1.54) is 89.9 Å². The second-order valence-corrected chi connectivity index (χ2v) is 21.3. The Labute approximate surface area is 392 Å². The summed E-state index contributed by atoms with van der Waals surface area (Å²) in [5.74, 6) is 4.44. The summed E-state index contributed by atoms with van der Waals surface area (Å²) in [7, 11) is 0. The van der Waals surface area contributed by atoms with Gasteiger partial charge in [0, 0.05) is 11.1 Å². The number of aromatic hydroxyl groups is 4. The Bertz CT molecular complexity index is 1620. The van der Waals surface area contributed by atoms with Crippen LogP contribution < -0.4 is 0 Å². The van der Waals surface area contributed by atoms with Gasteiger partial charge in [-0.25, -0.2) is 0 Å². The minimum absolute atomic E-state index is 0.0149. The first-order chi connectivity index (χ1) is 29.9. The van der Waals surface area contributed by atoms with Crippen LogP contribution in [0.3, 0.4) is 0 Å². The highest BCUT2D eigenvalue weighted by Crippen LogP contribution is 2.38. The molecule has 0 heterocycles. The fraction of sp³-hybridized carbons (Fsp3) is 0.690. The van der Waals surface area contributed by atoms with Crippen molar-refractivity contribution >= 4 is 11.6 Å². The van der Waals surface area contributed by atoms with E-state index in [0.717, 1.165) is 60.5 Å². The van der Waals surface area contributed by atoms with E-state index in [1.54, 1.807) is 53.7 Å². The quantitative estimate of drug-likeness (QED) is 0.0384. The number of allylic oxidation sites excluding steroid dienone is 4. The summed E-state index contributed by atoms with van der Waals surface area (Å²) in [6.07, 6.45) is 25.5. The zero-order chi connectivity index (χ0) is 48.8. The van der Waals surface area contributed by atoms with Gasteiger partial charge in [0.15, 0.2) is 11.6 Å².